The van der Waals surface area contributed by atoms with Crippen LogP contribution >= 0.6 is 0 Å². The van der Waals surface area contributed by atoms with Gasteiger partial charge >= 0.3 is 0 Å². The van der Waals surface area contributed by atoms with Gasteiger partial charge in [-0.3, -0.25) is 14.5 Å². The molecule has 0 N–H and O–H groups in total. The second-order valence-corrected chi connectivity index (χ2v) is 4.30. The highest BCUT2D eigenvalue weighted by molar-refractivity contribution is 5.99. The van der Waals surface area contributed by atoms with Crippen molar-refractivity contribution in [3.8, 4) is 0 Å². The number of allylic oxidation sites excluding steroid dienone is 2. The Labute approximate surface area is 90.1 Å². The third-order valence-electron chi connectivity index (χ3n) is 3.20. The summed E-state index contributed by atoms with van der Waals surface area (Å²) in [4.78, 5) is 23.9. The lowest BCUT2D eigenvalue weighted by molar-refractivity contribution is -0.152. The highest BCUT2D eigenvalue weighted by atomic mass is 16.2. The first-order chi connectivity index (χ1) is 7.27. The minimum atomic E-state index is -0.00220. The molecule has 3 nitrogen and oxygen atoms in total. The zero-order valence-electron chi connectivity index (χ0n) is 9.00. The molecule has 15 heavy (non-hydrogen) atoms. The summed E-state index contributed by atoms with van der Waals surface area (Å²) in [5.74, 6) is 0.00958. The number of hydrogen-bond acceptors (Lipinski definition) is 2. The standard InChI is InChI=1S/C12H17NO2/c14-11(13-9-8-12(13)15)7-6-10-4-2-1-3-5-10/h4H,1-3,5-9H2. The van der Waals surface area contributed by atoms with Gasteiger partial charge in [-0.1, -0.05) is 11.6 Å². The molecule has 2 aliphatic rings. The van der Waals surface area contributed by atoms with Crippen molar-refractivity contribution in [3.63, 3.8) is 0 Å². The molecule has 0 aromatic heterocycles. The summed E-state index contributed by atoms with van der Waals surface area (Å²) in [7, 11) is 0. The maximum absolute atomic E-state index is 11.6. The Balaban J connectivity index is 1.75. The van der Waals surface area contributed by atoms with Crippen molar-refractivity contribution < 1.29 is 9.59 Å². The Morgan fingerprint density at radius 1 is 1.33 bits per heavy atom. The minimum absolute atomic E-state index is 0.00220. The van der Waals surface area contributed by atoms with E-state index in [2.05, 4.69) is 6.08 Å². The van der Waals surface area contributed by atoms with Gasteiger partial charge in [-0.15, -0.1) is 0 Å². The van der Waals surface area contributed by atoms with Crippen molar-refractivity contribution >= 4 is 11.8 Å². The number of nitrogens with zero attached hydrogens (tertiary/aromatic N) is 1. The Kier molecular flexibility index (Phi) is 3.19. The smallest absolute Gasteiger partial charge is 0.230 e. The van der Waals surface area contributed by atoms with Crippen LogP contribution in [-0.2, 0) is 9.59 Å². The largest absolute Gasteiger partial charge is 0.282 e. The Morgan fingerprint density at radius 2 is 2.20 bits per heavy atom. The molecule has 0 aromatic carbocycles. The number of β-lactam (4-membered cyclic amide) rings is 1. The van der Waals surface area contributed by atoms with Gasteiger partial charge in [0.05, 0.1) is 0 Å². The molecule has 0 atom stereocenters. The van der Waals surface area contributed by atoms with Crippen LogP contribution in [0.1, 0.15) is 44.9 Å². The number of imide groups is 1. The van der Waals surface area contributed by atoms with Crippen molar-refractivity contribution in [2.75, 3.05) is 6.54 Å². The maximum atomic E-state index is 11.6. The third-order valence-corrected chi connectivity index (χ3v) is 3.20. The van der Waals surface area contributed by atoms with E-state index < -0.39 is 0 Å². The van der Waals surface area contributed by atoms with E-state index in [-0.39, 0.29) is 11.8 Å². The van der Waals surface area contributed by atoms with Crippen LogP contribution in [0.25, 0.3) is 0 Å². The predicted octanol–water partition coefficient (Wildman–Crippen LogP) is 2.03. The van der Waals surface area contributed by atoms with Crippen LogP contribution < -0.4 is 0 Å². The number of likely N-dealkylation sites (tertiary alicyclic amines) is 1. The van der Waals surface area contributed by atoms with E-state index >= 15 is 0 Å². The van der Waals surface area contributed by atoms with Crippen LogP contribution in [0.2, 0.25) is 0 Å². The first-order valence-electron chi connectivity index (χ1n) is 5.78. The van der Waals surface area contributed by atoms with Crippen molar-refractivity contribution in [2.24, 2.45) is 0 Å². The van der Waals surface area contributed by atoms with E-state index in [9.17, 15) is 9.59 Å². The Bertz CT molecular complexity index is 307. The first-order valence-corrected chi connectivity index (χ1v) is 5.78. The van der Waals surface area contributed by atoms with Gasteiger partial charge in [0, 0.05) is 19.4 Å². The number of amides is 2. The number of carbonyl (C=O) groups is 2. The van der Waals surface area contributed by atoms with E-state index in [4.69, 9.17) is 0 Å². The summed E-state index contributed by atoms with van der Waals surface area (Å²) < 4.78 is 0. The average molecular weight is 207 g/mol. The molecule has 3 heteroatoms. The fourth-order valence-corrected chi connectivity index (χ4v) is 2.11. The molecule has 1 aliphatic heterocycles. The van der Waals surface area contributed by atoms with Crippen molar-refractivity contribution in [1.82, 2.24) is 4.90 Å². The molecule has 2 amide bonds. The van der Waals surface area contributed by atoms with E-state index in [1.165, 1.54) is 23.3 Å². The molecule has 82 valence electrons. The summed E-state index contributed by atoms with van der Waals surface area (Å²) >= 11 is 0. The van der Waals surface area contributed by atoms with E-state index in [0.717, 1.165) is 19.3 Å². The van der Waals surface area contributed by atoms with Crippen LogP contribution in [0.5, 0.6) is 0 Å². The molecule has 1 saturated heterocycles. The maximum Gasteiger partial charge on any atom is 0.230 e. The second-order valence-electron chi connectivity index (χ2n) is 4.30. The van der Waals surface area contributed by atoms with Gasteiger partial charge in [0.25, 0.3) is 0 Å². The van der Waals surface area contributed by atoms with Gasteiger partial charge in [0.2, 0.25) is 11.8 Å². The lowest BCUT2D eigenvalue weighted by Crippen LogP contribution is -2.47. The number of hydrogen-bond donors (Lipinski definition) is 0. The van der Waals surface area contributed by atoms with Crippen molar-refractivity contribution in [2.45, 2.75) is 44.9 Å². The number of rotatable bonds is 3. The molecular formula is C12H17NO2. The average Bonchev–Trinajstić information content (AvgIpc) is 2.26. The van der Waals surface area contributed by atoms with Gasteiger partial charge in [0.15, 0.2) is 0 Å². The Hall–Kier alpha value is -1.12. The zero-order valence-corrected chi connectivity index (χ0v) is 9.00. The molecule has 0 aromatic rings. The lowest BCUT2D eigenvalue weighted by Gasteiger charge is -2.28. The topological polar surface area (TPSA) is 37.4 Å². The SMILES string of the molecule is O=C(CCC1=CCCCC1)N1CCC1=O. The van der Waals surface area contributed by atoms with Crippen LogP contribution in [-0.4, -0.2) is 23.3 Å². The highest BCUT2D eigenvalue weighted by Gasteiger charge is 2.29. The van der Waals surface area contributed by atoms with Crippen LogP contribution in [0.4, 0.5) is 0 Å². The molecule has 1 aliphatic carbocycles. The summed E-state index contributed by atoms with van der Waals surface area (Å²) in [6.07, 6.45) is 9.00. The molecule has 0 spiro atoms. The van der Waals surface area contributed by atoms with Gasteiger partial charge in [0.1, 0.15) is 0 Å². The number of carbonyl (C=O) groups excluding carboxylic acids is 2. The van der Waals surface area contributed by atoms with Crippen LogP contribution in [0.3, 0.4) is 0 Å². The summed E-state index contributed by atoms with van der Waals surface area (Å²) in [5, 5.41) is 0. The quantitative estimate of drug-likeness (QED) is 0.524. The molecule has 0 unspecified atom stereocenters. The second kappa shape index (κ2) is 4.60. The molecular weight excluding hydrogens is 190 g/mol. The molecule has 1 heterocycles. The van der Waals surface area contributed by atoms with E-state index in [1.54, 1.807) is 0 Å². The molecule has 2 rings (SSSR count). The summed E-state index contributed by atoms with van der Waals surface area (Å²) in [6, 6.07) is 0. The molecule has 0 radical (unpaired) electrons. The fraction of sp³-hybridized carbons (Fsp3) is 0.667. The highest BCUT2D eigenvalue weighted by Crippen LogP contribution is 2.22. The molecule has 1 fully saturated rings. The third kappa shape index (κ3) is 2.46. The van der Waals surface area contributed by atoms with Crippen LogP contribution in [0.15, 0.2) is 11.6 Å². The van der Waals surface area contributed by atoms with Crippen molar-refractivity contribution in [3.05, 3.63) is 11.6 Å². The molecule has 0 saturated carbocycles. The summed E-state index contributed by atoms with van der Waals surface area (Å²) in [5.41, 5.74) is 1.41. The first kappa shape index (κ1) is 10.4. The van der Waals surface area contributed by atoms with E-state index in [1.807, 2.05) is 0 Å². The van der Waals surface area contributed by atoms with Gasteiger partial charge < -0.3 is 0 Å². The van der Waals surface area contributed by atoms with Gasteiger partial charge in [-0.05, 0) is 32.1 Å². The summed E-state index contributed by atoms with van der Waals surface area (Å²) in [6.45, 7) is 0.636. The molecule has 0 bridgehead atoms. The van der Waals surface area contributed by atoms with Crippen LogP contribution in [0, 0.1) is 0 Å². The fourth-order valence-electron chi connectivity index (χ4n) is 2.11. The van der Waals surface area contributed by atoms with Crippen molar-refractivity contribution in [1.29, 1.82) is 0 Å². The zero-order chi connectivity index (χ0) is 10.7. The normalized spacial score (nSPS) is 20.9. The lowest BCUT2D eigenvalue weighted by atomic mass is 9.96. The van der Waals surface area contributed by atoms with Gasteiger partial charge in [-0.2, -0.15) is 0 Å². The van der Waals surface area contributed by atoms with E-state index in [0.29, 0.717) is 19.4 Å². The minimum Gasteiger partial charge on any atom is -0.282 e. The van der Waals surface area contributed by atoms with Gasteiger partial charge in [-0.25, -0.2) is 0 Å². The Morgan fingerprint density at radius 3 is 2.73 bits per heavy atom. The predicted molar refractivity (Wildman–Crippen MR) is 57.1 cm³/mol. The monoisotopic (exact) mass is 207 g/mol.